The summed E-state index contributed by atoms with van der Waals surface area (Å²) in [5, 5.41) is 2.98. The Balaban J connectivity index is 1.62. The number of nitrogens with zero attached hydrogens (tertiary/aromatic N) is 3. The third-order valence-electron chi connectivity index (χ3n) is 5.88. The quantitative estimate of drug-likeness (QED) is 0.666. The molecule has 0 atom stereocenters. The first-order valence-electron chi connectivity index (χ1n) is 10.4. The summed E-state index contributed by atoms with van der Waals surface area (Å²) >= 11 is 0. The van der Waals surface area contributed by atoms with Crippen LogP contribution in [0.25, 0.3) is 0 Å². The van der Waals surface area contributed by atoms with Gasteiger partial charge in [0.1, 0.15) is 5.82 Å². The van der Waals surface area contributed by atoms with Crippen molar-refractivity contribution in [3.05, 3.63) is 44.6 Å². The topological polar surface area (TPSA) is 104 Å². The molecule has 0 saturated carbocycles. The Labute approximate surface area is 186 Å². The van der Waals surface area contributed by atoms with Crippen LogP contribution in [0.3, 0.4) is 0 Å². The third kappa shape index (κ3) is 4.58. The van der Waals surface area contributed by atoms with E-state index in [1.807, 2.05) is 4.90 Å². The molecule has 1 saturated heterocycles. The Kier molecular flexibility index (Phi) is 7.12. The average Bonchev–Trinajstić information content (AvgIpc) is 2.82. The molecule has 1 fully saturated rings. The molecule has 0 spiro atoms. The van der Waals surface area contributed by atoms with E-state index in [1.54, 1.807) is 40.5 Å². The van der Waals surface area contributed by atoms with Crippen molar-refractivity contribution in [1.29, 1.82) is 0 Å². The molecule has 32 heavy (non-hydrogen) atoms. The number of benzene rings is 1. The molecule has 10 nitrogen and oxygen atoms in total. The monoisotopic (exact) mass is 446 g/mol. The molecule has 1 aliphatic rings. The molecule has 1 aromatic carbocycles. The number of nitrogens with one attached hydrogen (secondary N) is 1. The molecule has 0 unspecified atom stereocenters. The zero-order valence-corrected chi connectivity index (χ0v) is 19.1. The number of aromatic nitrogens is 2. The second kappa shape index (κ2) is 9.80. The van der Waals surface area contributed by atoms with Gasteiger partial charge in [-0.3, -0.25) is 18.7 Å². The van der Waals surface area contributed by atoms with Gasteiger partial charge in [-0.2, -0.15) is 0 Å². The fraction of sp³-hybridized carbons (Fsp3) is 0.500. The van der Waals surface area contributed by atoms with Crippen LogP contribution >= 0.6 is 0 Å². The summed E-state index contributed by atoms with van der Waals surface area (Å²) < 4.78 is 18.6. The van der Waals surface area contributed by atoms with Crippen LogP contribution in [-0.4, -0.2) is 49.5 Å². The molecular weight excluding hydrogens is 416 g/mol. The highest BCUT2D eigenvalue weighted by Gasteiger charge is 2.26. The fourth-order valence-electron chi connectivity index (χ4n) is 3.97. The SMILES string of the molecule is COc1cc(CNC(=O)C2CCN(c3cc(=O)n(C)c(=O)n3C)CC2)cc(OC)c1OC. The van der Waals surface area contributed by atoms with Gasteiger partial charge in [0.15, 0.2) is 11.5 Å². The minimum absolute atomic E-state index is 0.0312. The Hall–Kier alpha value is -3.43. The smallest absolute Gasteiger partial charge is 0.332 e. The molecule has 1 N–H and O–H groups in total. The van der Waals surface area contributed by atoms with Gasteiger partial charge in [0.2, 0.25) is 11.7 Å². The van der Waals surface area contributed by atoms with E-state index in [-0.39, 0.29) is 23.1 Å². The average molecular weight is 447 g/mol. The Morgan fingerprint density at radius 2 is 1.56 bits per heavy atom. The largest absolute Gasteiger partial charge is 0.493 e. The van der Waals surface area contributed by atoms with Gasteiger partial charge >= 0.3 is 5.69 Å². The Morgan fingerprint density at radius 3 is 2.09 bits per heavy atom. The minimum atomic E-state index is -0.363. The predicted octanol–water partition coefficient (Wildman–Crippen LogP) is 0.643. The van der Waals surface area contributed by atoms with Gasteiger partial charge in [-0.25, -0.2) is 4.79 Å². The van der Waals surface area contributed by atoms with Crippen molar-refractivity contribution in [3.8, 4) is 17.2 Å². The number of ether oxygens (including phenoxy) is 3. The van der Waals surface area contributed by atoms with Crippen LogP contribution in [0.5, 0.6) is 17.2 Å². The molecular formula is C22H30N4O6. The number of hydrogen-bond acceptors (Lipinski definition) is 7. The zero-order valence-electron chi connectivity index (χ0n) is 19.1. The molecule has 2 aromatic rings. The van der Waals surface area contributed by atoms with Gasteiger partial charge in [-0.15, -0.1) is 0 Å². The molecule has 10 heteroatoms. The van der Waals surface area contributed by atoms with Crippen molar-refractivity contribution in [1.82, 2.24) is 14.5 Å². The number of rotatable bonds is 7. The normalized spacial score (nSPS) is 14.2. The maximum atomic E-state index is 12.7. The molecule has 0 bridgehead atoms. The van der Waals surface area contributed by atoms with E-state index >= 15 is 0 Å². The lowest BCUT2D eigenvalue weighted by Gasteiger charge is -2.33. The van der Waals surface area contributed by atoms with E-state index in [1.165, 1.54) is 17.7 Å². The Bertz CT molecular complexity index is 1070. The maximum Gasteiger partial charge on any atom is 0.332 e. The first kappa shape index (κ1) is 23.2. The highest BCUT2D eigenvalue weighted by Crippen LogP contribution is 2.38. The summed E-state index contributed by atoms with van der Waals surface area (Å²) in [6.07, 6.45) is 1.26. The van der Waals surface area contributed by atoms with Crippen molar-refractivity contribution >= 4 is 11.7 Å². The molecule has 1 aromatic heterocycles. The van der Waals surface area contributed by atoms with Gasteiger partial charge in [-0.05, 0) is 30.5 Å². The first-order chi connectivity index (χ1) is 15.3. The maximum absolute atomic E-state index is 12.7. The van der Waals surface area contributed by atoms with E-state index in [0.717, 1.165) is 10.1 Å². The number of amides is 1. The lowest BCUT2D eigenvalue weighted by Crippen LogP contribution is -2.44. The van der Waals surface area contributed by atoms with Crippen molar-refractivity contribution in [2.45, 2.75) is 19.4 Å². The predicted molar refractivity (Wildman–Crippen MR) is 120 cm³/mol. The van der Waals surface area contributed by atoms with Crippen molar-refractivity contribution in [3.63, 3.8) is 0 Å². The molecule has 1 aliphatic heterocycles. The van der Waals surface area contributed by atoms with Gasteiger partial charge in [-0.1, -0.05) is 0 Å². The number of piperidine rings is 1. The lowest BCUT2D eigenvalue weighted by atomic mass is 9.95. The van der Waals surface area contributed by atoms with Gasteiger partial charge in [0.05, 0.1) is 21.3 Å². The van der Waals surface area contributed by atoms with Crippen LogP contribution in [0.1, 0.15) is 18.4 Å². The van der Waals surface area contributed by atoms with E-state index in [2.05, 4.69) is 5.32 Å². The van der Waals surface area contributed by atoms with Gasteiger partial charge in [0, 0.05) is 45.7 Å². The van der Waals surface area contributed by atoms with E-state index in [0.29, 0.717) is 55.5 Å². The molecule has 3 rings (SSSR count). The second-order valence-electron chi connectivity index (χ2n) is 7.75. The summed E-state index contributed by atoms with van der Waals surface area (Å²) in [5.41, 5.74) is 0.131. The summed E-state index contributed by atoms with van der Waals surface area (Å²) in [6, 6.07) is 5.08. The van der Waals surface area contributed by atoms with Crippen LogP contribution in [0.15, 0.2) is 27.8 Å². The van der Waals surface area contributed by atoms with E-state index in [9.17, 15) is 14.4 Å². The number of anilines is 1. The first-order valence-corrected chi connectivity index (χ1v) is 10.4. The summed E-state index contributed by atoms with van der Waals surface area (Å²) in [7, 11) is 7.74. The molecule has 2 heterocycles. The molecule has 1 amide bonds. The molecule has 0 radical (unpaired) electrons. The highest BCUT2D eigenvalue weighted by molar-refractivity contribution is 5.79. The minimum Gasteiger partial charge on any atom is -0.493 e. The summed E-state index contributed by atoms with van der Waals surface area (Å²) in [5.74, 6) is 1.97. The number of methoxy groups -OCH3 is 3. The van der Waals surface area contributed by atoms with E-state index < -0.39 is 0 Å². The van der Waals surface area contributed by atoms with Crippen LogP contribution in [0, 0.1) is 5.92 Å². The zero-order chi connectivity index (χ0) is 23.4. The fourth-order valence-corrected chi connectivity index (χ4v) is 3.97. The van der Waals surface area contributed by atoms with E-state index in [4.69, 9.17) is 14.2 Å². The number of carbonyl (C=O) groups excluding carboxylic acids is 1. The van der Waals surface area contributed by atoms with Crippen LogP contribution in [0.2, 0.25) is 0 Å². The second-order valence-corrected chi connectivity index (χ2v) is 7.75. The van der Waals surface area contributed by atoms with Gasteiger partial charge < -0.3 is 24.4 Å². The standard InChI is InChI=1S/C22H30N4O6/c1-24-18(12-19(27)25(2)22(24)29)26-8-6-15(7-9-26)21(28)23-13-14-10-16(30-3)20(32-5)17(11-14)31-4/h10-12,15H,6-9,13H2,1-5H3,(H,23,28). The van der Waals surface area contributed by atoms with Crippen LogP contribution in [0.4, 0.5) is 5.82 Å². The summed E-state index contributed by atoms with van der Waals surface area (Å²) in [6.45, 7) is 1.50. The van der Waals surface area contributed by atoms with Crippen molar-refractivity contribution in [2.75, 3.05) is 39.3 Å². The Morgan fingerprint density at radius 1 is 0.969 bits per heavy atom. The summed E-state index contributed by atoms with van der Waals surface area (Å²) in [4.78, 5) is 38.9. The molecule has 0 aliphatic carbocycles. The van der Waals surface area contributed by atoms with Crippen LogP contribution < -0.4 is 35.7 Å². The third-order valence-corrected chi connectivity index (χ3v) is 5.88. The number of carbonyl (C=O) groups is 1. The number of hydrogen-bond donors (Lipinski definition) is 1. The lowest BCUT2D eigenvalue weighted by molar-refractivity contribution is -0.125. The van der Waals surface area contributed by atoms with Crippen molar-refractivity contribution in [2.24, 2.45) is 20.0 Å². The van der Waals surface area contributed by atoms with Gasteiger partial charge in [0.25, 0.3) is 5.56 Å². The molecule has 174 valence electrons. The van der Waals surface area contributed by atoms with Crippen LogP contribution in [-0.2, 0) is 25.4 Å². The highest BCUT2D eigenvalue weighted by atomic mass is 16.5. The van der Waals surface area contributed by atoms with Crippen molar-refractivity contribution < 1.29 is 19.0 Å².